The minimum absolute atomic E-state index is 0. The van der Waals surface area contributed by atoms with E-state index in [1.54, 1.807) is 32.4 Å². The van der Waals surface area contributed by atoms with E-state index in [0.29, 0.717) is 23.1 Å². The number of nitrogens with zero attached hydrogens (tertiary/aromatic N) is 1. The highest BCUT2D eigenvalue weighted by Crippen LogP contribution is 2.39. The third-order valence-corrected chi connectivity index (χ3v) is 4.45. The number of anilines is 1. The van der Waals surface area contributed by atoms with Gasteiger partial charge in [-0.15, -0.1) is 24.0 Å². The van der Waals surface area contributed by atoms with Crippen LogP contribution in [0.4, 0.5) is 10.1 Å². The van der Waals surface area contributed by atoms with Crippen LogP contribution in [0.15, 0.2) is 47.5 Å². The number of nitrogens with two attached hydrogens (primary N) is 1. The van der Waals surface area contributed by atoms with Gasteiger partial charge in [-0.2, -0.15) is 0 Å². The molecule has 1 aliphatic rings. The van der Waals surface area contributed by atoms with Crippen LogP contribution < -0.4 is 20.5 Å². The smallest absolute Gasteiger partial charge is 0.193 e. The fourth-order valence-corrected chi connectivity index (χ4v) is 3.03. The van der Waals surface area contributed by atoms with Crippen molar-refractivity contribution in [2.45, 2.75) is 24.8 Å². The average molecular weight is 471 g/mol. The summed E-state index contributed by atoms with van der Waals surface area (Å²) in [5.41, 5.74) is 7.46. The molecule has 0 amide bonds. The summed E-state index contributed by atoms with van der Waals surface area (Å²) in [5.74, 6) is 1.70. The van der Waals surface area contributed by atoms with E-state index in [2.05, 4.69) is 10.3 Å². The van der Waals surface area contributed by atoms with Crippen LogP contribution in [0.5, 0.6) is 11.5 Å². The van der Waals surface area contributed by atoms with Crippen molar-refractivity contribution in [2.75, 3.05) is 19.5 Å². The molecule has 0 saturated heterocycles. The van der Waals surface area contributed by atoms with E-state index >= 15 is 0 Å². The van der Waals surface area contributed by atoms with Crippen molar-refractivity contribution in [3.63, 3.8) is 0 Å². The molecule has 7 heteroatoms. The van der Waals surface area contributed by atoms with Gasteiger partial charge in [0.1, 0.15) is 17.3 Å². The topological polar surface area (TPSA) is 68.9 Å². The predicted molar refractivity (Wildman–Crippen MR) is 112 cm³/mol. The summed E-state index contributed by atoms with van der Waals surface area (Å²) >= 11 is 0. The summed E-state index contributed by atoms with van der Waals surface area (Å²) in [4.78, 5) is 4.48. The Bertz CT molecular complexity index is 779. The minimum Gasteiger partial charge on any atom is -0.497 e. The van der Waals surface area contributed by atoms with Gasteiger partial charge in [-0.3, -0.25) is 0 Å². The maximum atomic E-state index is 13.8. The van der Waals surface area contributed by atoms with Crippen molar-refractivity contribution in [1.82, 2.24) is 0 Å². The number of nitrogens with one attached hydrogen (secondary N) is 1. The number of hydrogen-bond acceptors (Lipinski definition) is 3. The van der Waals surface area contributed by atoms with Gasteiger partial charge in [0.25, 0.3) is 0 Å². The summed E-state index contributed by atoms with van der Waals surface area (Å²) in [7, 11) is 3.19. The molecule has 0 bridgehead atoms. The second-order valence-electron chi connectivity index (χ2n) is 6.05. The van der Waals surface area contributed by atoms with Gasteiger partial charge in [-0.1, -0.05) is 18.2 Å². The van der Waals surface area contributed by atoms with E-state index in [4.69, 9.17) is 15.2 Å². The molecule has 0 aliphatic heterocycles. The van der Waals surface area contributed by atoms with Crippen LogP contribution in [0, 0.1) is 5.82 Å². The first-order chi connectivity index (χ1) is 12.1. The first-order valence-electron chi connectivity index (χ1n) is 8.17. The second-order valence-corrected chi connectivity index (χ2v) is 6.05. The number of aliphatic imine (C=N–C) groups is 1. The number of halogens is 2. The SMILES string of the molecule is COc1ccc(OC)c(NC(N)=NC2CC(c3ccccc3F)C2)c1.I. The monoisotopic (exact) mass is 471 g/mol. The van der Waals surface area contributed by atoms with Crippen LogP contribution in [0.25, 0.3) is 0 Å². The number of methoxy groups -OCH3 is 2. The maximum absolute atomic E-state index is 13.8. The molecule has 0 unspecified atom stereocenters. The lowest BCUT2D eigenvalue weighted by Crippen LogP contribution is -2.31. The number of rotatable bonds is 5. The number of guanidine groups is 1. The maximum Gasteiger partial charge on any atom is 0.193 e. The van der Waals surface area contributed by atoms with Gasteiger partial charge in [0, 0.05) is 6.07 Å². The first kappa shape index (κ1) is 20.3. The largest absolute Gasteiger partial charge is 0.497 e. The number of ether oxygens (including phenoxy) is 2. The van der Waals surface area contributed by atoms with E-state index in [1.807, 2.05) is 18.2 Å². The minimum atomic E-state index is -0.151. The highest BCUT2D eigenvalue weighted by atomic mass is 127. The molecule has 26 heavy (non-hydrogen) atoms. The quantitative estimate of drug-likeness (QED) is 0.391. The van der Waals surface area contributed by atoms with Gasteiger partial charge in [0.2, 0.25) is 0 Å². The van der Waals surface area contributed by atoms with Gasteiger partial charge in [0.15, 0.2) is 5.96 Å². The van der Waals surface area contributed by atoms with Crippen molar-refractivity contribution in [3.8, 4) is 11.5 Å². The summed E-state index contributed by atoms with van der Waals surface area (Å²) in [5, 5.41) is 3.05. The molecule has 3 N–H and O–H groups in total. The summed E-state index contributed by atoms with van der Waals surface area (Å²) in [6, 6.07) is 12.4. The van der Waals surface area contributed by atoms with Crippen molar-refractivity contribution in [3.05, 3.63) is 53.8 Å². The van der Waals surface area contributed by atoms with E-state index in [1.165, 1.54) is 6.07 Å². The molecule has 1 fully saturated rings. The molecule has 2 aromatic carbocycles. The Labute approximate surface area is 169 Å². The molecular weight excluding hydrogens is 448 g/mol. The molecule has 0 spiro atoms. The Hall–Kier alpha value is -2.03. The molecule has 2 aromatic rings. The molecule has 3 rings (SSSR count). The lowest BCUT2D eigenvalue weighted by molar-refractivity contribution is 0.344. The fraction of sp³-hybridized carbons (Fsp3) is 0.316. The number of benzene rings is 2. The van der Waals surface area contributed by atoms with Crippen molar-refractivity contribution < 1.29 is 13.9 Å². The zero-order chi connectivity index (χ0) is 17.8. The Balaban J connectivity index is 0.00000243. The summed E-state index contributed by atoms with van der Waals surface area (Å²) in [6.07, 6.45) is 1.58. The molecule has 140 valence electrons. The van der Waals surface area contributed by atoms with Crippen molar-refractivity contribution >= 4 is 35.6 Å². The van der Waals surface area contributed by atoms with Crippen molar-refractivity contribution in [1.29, 1.82) is 0 Å². The van der Waals surface area contributed by atoms with Crippen LogP contribution in [0.3, 0.4) is 0 Å². The predicted octanol–water partition coefficient (Wildman–Crippen LogP) is 4.13. The molecule has 0 radical (unpaired) electrons. The van der Waals surface area contributed by atoms with Gasteiger partial charge in [0.05, 0.1) is 25.9 Å². The highest BCUT2D eigenvalue weighted by molar-refractivity contribution is 14.0. The first-order valence-corrected chi connectivity index (χ1v) is 8.17. The number of hydrogen-bond donors (Lipinski definition) is 2. The van der Waals surface area contributed by atoms with Crippen LogP contribution in [-0.2, 0) is 0 Å². The second kappa shape index (κ2) is 9.07. The Morgan fingerprint density at radius 3 is 2.54 bits per heavy atom. The van der Waals surface area contributed by atoms with Crippen LogP contribution in [-0.4, -0.2) is 26.2 Å². The zero-order valence-corrected chi connectivity index (χ0v) is 17.1. The van der Waals surface area contributed by atoms with Gasteiger partial charge in [-0.05, 0) is 42.5 Å². The average Bonchev–Trinajstić information content (AvgIpc) is 2.58. The van der Waals surface area contributed by atoms with Gasteiger partial charge in [-0.25, -0.2) is 9.38 Å². The van der Waals surface area contributed by atoms with Crippen LogP contribution >= 0.6 is 24.0 Å². The molecule has 1 saturated carbocycles. The lowest BCUT2D eigenvalue weighted by Gasteiger charge is -2.33. The Morgan fingerprint density at radius 1 is 1.15 bits per heavy atom. The van der Waals surface area contributed by atoms with Crippen molar-refractivity contribution in [2.24, 2.45) is 10.7 Å². The highest BCUT2D eigenvalue weighted by Gasteiger charge is 2.31. The Kier molecular flexibility index (Phi) is 7.07. The van der Waals surface area contributed by atoms with E-state index < -0.39 is 0 Å². The van der Waals surface area contributed by atoms with E-state index in [-0.39, 0.29) is 41.8 Å². The normalized spacial score (nSPS) is 19.1. The molecule has 0 aromatic heterocycles. The van der Waals surface area contributed by atoms with Gasteiger partial charge >= 0.3 is 0 Å². The summed E-state index contributed by atoms with van der Waals surface area (Å²) in [6.45, 7) is 0. The van der Waals surface area contributed by atoms with Crippen LogP contribution in [0.2, 0.25) is 0 Å². The molecule has 0 heterocycles. The molecular formula is C19H23FIN3O2. The Morgan fingerprint density at radius 2 is 1.88 bits per heavy atom. The van der Waals surface area contributed by atoms with E-state index in [9.17, 15) is 4.39 Å². The third-order valence-electron chi connectivity index (χ3n) is 4.45. The molecule has 5 nitrogen and oxygen atoms in total. The summed E-state index contributed by atoms with van der Waals surface area (Å²) < 4.78 is 24.3. The third kappa shape index (κ3) is 4.57. The fourth-order valence-electron chi connectivity index (χ4n) is 3.03. The zero-order valence-electron chi connectivity index (χ0n) is 14.7. The van der Waals surface area contributed by atoms with Gasteiger partial charge < -0.3 is 20.5 Å². The van der Waals surface area contributed by atoms with E-state index in [0.717, 1.165) is 18.4 Å². The molecule has 0 atom stereocenters. The standard InChI is InChI=1S/C19H22FN3O2.HI/c1-24-14-7-8-18(25-2)17(11-14)23-19(21)22-13-9-12(10-13)15-5-3-4-6-16(15)20;/h3-8,11-13H,9-10H2,1-2H3,(H3,21,22,23);1H. The van der Waals surface area contributed by atoms with Crippen LogP contribution in [0.1, 0.15) is 24.3 Å². The lowest BCUT2D eigenvalue weighted by atomic mass is 9.76. The molecule has 1 aliphatic carbocycles.